The summed E-state index contributed by atoms with van der Waals surface area (Å²) in [4.78, 5) is 17.9. The number of hydrogen-bond donors (Lipinski definition) is 1. The lowest BCUT2D eigenvalue weighted by Crippen LogP contribution is -2.45. The molecule has 1 fully saturated rings. The number of carbonyl (C=O) groups is 1. The summed E-state index contributed by atoms with van der Waals surface area (Å²) in [5, 5.41) is 3.24. The van der Waals surface area contributed by atoms with E-state index >= 15 is 0 Å². The molecule has 182 valence electrons. The molecule has 0 spiro atoms. The zero-order valence-electron chi connectivity index (χ0n) is 20.4. The summed E-state index contributed by atoms with van der Waals surface area (Å²) < 4.78 is 19.5. The van der Waals surface area contributed by atoms with Crippen LogP contribution in [0, 0.1) is 12.7 Å². The molecule has 1 heterocycles. The number of piperazine rings is 1. The largest absolute Gasteiger partial charge is 0.454 e. The molecule has 35 heavy (non-hydrogen) atoms. The standard InChI is InChI=1S/C29H32FN3O2/c1-20-7-14-27(33-17-15-32(2)16-18-33)25-19-22(10-13-24(20)25)31-29(34)21-8-11-23(12-9-21)35-28-6-4-3-5-26(28)30/h3-9,11-12,14,22H,10,13,15-19H2,1-2H3,(H,31,34)/t22-/m0/s1. The van der Waals surface area contributed by atoms with Gasteiger partial charge in [0.1, 0.15) is 5.75 Å². The molecule has 5 nitrogen and oxygen atoms in total. The number of anilines is 1. The Morgan fingerprint density at radius 1 is 0.971 bits per heavy atom. The predicted molar refractivity (Wildman–Crippen MR) is 137 cm³/mol. The van der Waals surface area contributed by atoms with Crippen LogP contribution >= 0.6 is 0 Å². The van der Waals surface area contributed by atoms with Crippen molar-refractivity contribution in [3.63, 3.8) is 0 Å². The molecular formula is C29H32FN3O2. The van der Waals surface area contributed by atoms with Crippen LogP contribution in [0.4, 0.5) is 10.1 Å². The maximum atomic E-state index is 13.8. The maximum Gasteiger partial charge on any atom is 0.251 e. The molecule has 0 unspecified atom stereocenters. The van der Waals surface area contributed by atoms with Crippen molar-refractivity contribution in [2.75, 3.05) is 38.1 Å². The number of halogens is 1. The van der Waals surface area contributed by atoms with E-state index in [4.69, 9.17) is 4.74 Å². The molecule has 0 saturated carbocycles. The van der Waals surface area contributed by atoms with Crippen LogP contribution in [0.25, 0.3) is 0 Å². The molecule has 6 heteroatoms. The first-order valence-electron chi connectivity index (χ1n) is 12.4. The van der Waals surface area contributed by atoms with Crippen LogP contribution in [0.3, 0.4) is 0 Å². The molecule has 3 aromatic carbocycles. The smallest absolute Gasteiger partial charge is 0.251 e. The third-order valence-electron chi connectivity index (χ3n) is 7.19. The first kappa shape index (κ1) is 23.4. The fourth-order valence-corrected chi connectivity index (χ4v) is 5.10. The molecule has 1 atom stereocenters. The molecule has 5 rings (SSSR count). The number of para-hydroxylation sites is 1. The zero-order valence-corrected chi connectivity index (χ0v) is 20.4. The van der Waals surface area contributed by atoms with Crippen LogP contribution in [-0.2, 0) is 12.8 Å². The molecule has 1 aliphatic heterocycles. The van der Waals surface area contributed by atoms with Gasteiger partial charge in [0.15, 0.2) is 11.6 Å². The highest BCUT2D eigenvalue weighted by Crippen LogP contribution is 2.33. The fraction of sp³-hybridized carbons (Fsp3) is 0.345. The van der Waals surface area contributed by atoms with Crippen LogP contribution in [0.5, 0.6) is 11.5 Å². The number of nitrogens with one attached hydrogen (secondary N) is 1. The minimum atomic E-state index is -0.418. The number of benzene rings is 3. The van der Waals surface area contributed by atoms with Gasteiger partial charge in [-0.1, -0.05) is 18.2 Å². The predicted octanol–water partition coefficient (Wildman–Crippen LogP) is 4.97. The quantitative estimate of drug-likeness (QED) is 0.569. The molecule has 0 aromatic heterocycles. The van der Waals surface area contributed by atoms with Gasteiger partial charge in [-0.05, 0) is 92.4 Å². The van der Waals surface area contributed by atoms with E-state index in [0.29, 0.717) is 11.3 Å². The molecule has 3 aromatic rings. The lowest BCUT2D eigenvalue weighted by atomic mass is 9.84. The maximum absolute atomic E-state index is 13.8. The van der Waals surface area contributed by atoms with Gasteiger partial charge in [0.05, 0.1) is 0 Å². The summed E-state index contributed by atoms with van der Waals surface area (Å²) in [5.74, 6) is 0.144. The fourth-order valence-electron chi connectivity index (χ4n) is 5.10. The lowest BCUT2D eigenvalue weighted by Gasteiger charge is -2.37. The molecule has 0 radical (unpaired) electrons. The Morgan fingerprint density at radius 2 is 1.71 bits per heavy atom. The van der Waals surface area contributed by atoms with Crippen molar-refractivity contribution in [2.24, 2.45) is 0 Å². The van der Waals surface area contributed by atoms with Crippen LogP contribution < -0.4 is 15.0 Å². The van der Waals surface area contributed by atoms with Crippen molar-refractivity contribution in [3.05, 3.63) is 88.7 Å². The first-order chi connectivity index (χ1) is 17.0. The van der Waals surface area contributed by atoms with Gasteiger partial charge < -0.3 is 19.9 Å². The number of carbonyl (C=O) groups excluding carboxylic acids is 1. The third-order valence-corrected chi connectivity index (χ3v) is 7.19. The summed E-state index contributed by atoms with van der Waals surface area (Å²) in [6.07, 6.45) is 2.75. The monoisotopic (exact) mass is 473 g/mol. The summed E-state index contributed by atoms with van der Waals surface area (Å²) in [7, 11) is 2.17. The van der Waals surface area contributed by atoms with Crippen molar-refractivity contribution in [1.29, 1.82) is 0 Å². The Kier molecular flexibility index (Phi) is 6.73. The van der Waals surface area contributed by atoms with E-state index in [0.717, 1.165) is 45.4 Å². The van der Waals surface area contributed by atoms with Crippen molar-refractivity contribution < 1.29 is 13.9 Å². The van der Waals surface area contributed by atoms with Gasteiger partial charge in [0.25, 0.3) is 5.91 Å². The molecular weight excluding hydrogens is 441 g/mol. The van der Waals surface area contributed by atoms with Crippen LogP contribution in [0.1, 0.15) is 33.5 Å². The number of amides is 1. The molecule has 0 bridgehead atoms. The summed E-state index contributed by atoms with van der Waals surface area (Å²) in [6, 6.07) is 17.7. The van der Waals surface area contributed by atoms with E-state index < -0.39 is 5.82 Å². The molecule has 1 amide bonds. The van der Waals surface area contributed by atoms with Crippen molar-refractivity contribution >= 4 is 11.6 Å². The highest BCUT2D eigenvalue weighted by atomic mass is 19.1. The molecule has 1 aliphatic carbocycles. The van der Waals surface area contributed by atoms with Crippen molar-refractivity contribution in [3.8, 4) is 11.5 Å². The number of nitrogens with zero attached hydrogens (tertiary/aromatic N) is 2. The van der Waals surface area contributed by atoms with E-state index in [9.17, 15) is 9.18 Å². The van der Waals surface area contributed by atoms with E-state index in [1.54, 1.807) is 42.5 Å². The second-order valence-electron chi connectivity index (χ2n) is 9.62. The van der Waals surface area contributed by atoms with Gasteiger partial charge >= 0.3 is 0 Å². The van der Waals surface area contributed by atoms with Crippen molar-refractivity contribution in [1.82, 2.24) is 10.2 Å². The Bertz CT molecular complexity index is 1200. The number of aryl methyl sites for hydroxylation is 1. The highest BCUT2D eigenvalue weighted by Gasteiger charge is 2.27. The zero-order chi connectivity index (χ0) is 24.4. The second kappa shape index (κ2) is 10.1. The van der Waals surface area contributed by atoms with Gasteiger partial charge in [-0.15, -0.1) is 0 Å². The van der Waals surface area contributed by atoms with E-state index in [2.05, 4.69) is 41.2 Å². The molecule has 1 N–H and O–H groups in total. The average Bonchev–Trinajstić information content (AvgIpc) is 2.87. The number of ether oxygens (including phenoxy) is 1. The first-order valence-corrected chi connectivity index (χ1v) is 12.4. The lowest BCUT2D eigenvalue weighted by molar-refractivity contribution is 0.0933. The highest BCUT2D eigenvalue weighted by molar-refractivity contribution is 5.94. The van der Waals surface area contributed by atoms with Gasteiger partial charge in [-0.25, -0.2) is 4.39 Å². The topological polar surface area (TPSA) is 44.8 Å². The Hall–Kier alpha value is -3.38. The SMILES string of the molecule is Cc1ccc(N2CCN(C)CC2)c2c1CC[C@H](NC(=O)c1ccc(Oc3ccccc3F)cc1)C2. The Labute approximate surface area is 206 Å². The molecule has 1 saturated heterocycles. The van der Waals surface area contributed by atoms with Crippen LogP contribution in [0.2, 0.25) is 0 Å². The number of fused-ring (bicyclic) bond motifs is 1. The minimum absolute atomic E-state index is 0.0929. The van der Waals surface area contributed by atoms with Gasteiger partial charge in [0, 0.05) is 43.5 Å². The second-order valence-corrected chi connectivity index (χ2v) is 9.62. The van der Waals surface area contributed by atoms with Crippen molar-refractivity contribution in [2.45, 2.75) is 32.2 Å². The minimum Gasteiger partial charge on any atom is -0.454 e. The summed E-state index contributed by atoms with van der Waals surface area (Å²) in [6.45, 7) is 6.39. The van der Waals surface area contributed by atoms with Crippen LogP contribution in [-0.4, -0.2) is 50.1 Å². The third kappa shape index (κ3) is 5.17. The number of rotatable bonds is 5. The van der Waals surface area contributed by atoms with E-state index in [-0.39, 0.29) is 17.7 Å². The van der Waals surface area contributed by atoms with Gasteiger partial charge in [-0.2, -0.15) is 0 Å². The Balaban J connectivity index is 1.26. The van der Waals surface area contributed by atoms with E-state index in [1.807, 2.05) is 0 Å². The normalized spacial score (nSPS) is 18.1. The molecule has 2 aliphatic rings. The number of hydrogen-bond acceptors (Lipinski definition) is 4. The van der Waals surface area contributed by atoms with Gasteiger partial charge in [0.2, 0.25) is 0 Å². The average molecular weight is 474 g/mol. The summed E-state index contributed by atoms with van der Waals surface area (Å²) in [5.41, 5.74) is 6.07. The van der Waals surface area contributed by atoms with Gasteiger partial charge in [-0.3, -0.25) is 4.79 Å². The number of likely N-dealkylation sites (N-methyl/N-ethyl adjacent to an activating group) is 1. The Morgan fingerprint density at radius 3 is 2.46 bits per heavy atom. The summed E-state index contributed by atoms with van der Waals surface area (Å²) >= 11 is 0. The van der Waals surface area contributed by atoms with Crippen LogP contribution in [0.15, 0.2) is 60.7 Å². The van der Waals surface area contributed by atoms with E-state index in [1.165, 1.54) is 28.4 Å².